The zero-order valence-electron chi connectivity index (χ0n) is 9.18. The van der Waals surface area contributed by atoms with Crippen LogP contribution in [0.3, 0.4) is 0 Å². The number of thiol groups is 1. The number of hydrogen-bond donors (Lipinski definition) is 3. The van der Waals surface area contributed by atoms with Crippen molar-refractivity contribution in [2.45, 2.75) is 12.8 Å². The van der Waals surface area contributed by atoms with Crippen LogP contribution in [0.1, 0.15) is 12.8 Å². The lowest BCUT2D eigenvalue weighted by Crippen LogP contribution is -2.29. The zero-order valence-corrected chi connectivity index (χ0v) is 10.1. The molecule has 16 heavy (non-hydrogen) atoms. The average Bonchev–Trinajstić information content (AvgIpc) is 2.18. The van der Waals surface area contributed by atoms with Gasteiger partial charge in [0.25, 0.3) is 0 Å². The van der Waals surface area contributed by atoms with Crippen LogP contribution < -0.4 is 11.1 Å². The van der Waals surface area contributed by atoms with Crippen LogP contribution in [-0.2, 0) is 19.9 Å². The van der Waals surface area contributed by atoms with Gasteiger partial charge in [0, 0.05) is 13.7 Å². The Morgan fingerprint density at radius 1 is 1.44 bits per heavy atom. The molecule has 1 saturated heterocycles. The molecule has 0 aliphatic carbocycles. The number of nitrogens with one attached hydrogen (secondary N) is 1. The molecule has 0 radical (unpaired) electrons. The summed E-state index contributed by atoms with van der Waals surface area (Å²) in [4.78, 5) is 9.43. The number of rotatable bonds is 3. The molecule has 0 atom stereocenters. The van der Waals surface area contributed by atoms with Crippen LogP contribution in [0.25, 0.3) is 0 Å². The highest BCUT2D eigenvalue weighted by molar-refractivity contribution is 7.67. The molecule has 96 valence electrons. The molecule has 1 aliphatic heterocycles. The van der Waals surface area contributed by atoms with E-state index in [0.29, 0.717) is 0 Å². The van der Waals surface area contributed by atoms with E-state index in [9.17, 15) is 13.2 Å². The third-order valence-electron chi connectivity index (χ3n) is 2.03. The van der Waals surface area contributed by atoms with Gasteiger partial charge in [0.2, 0.25) is 0 Å². The van der Waals surface area contributed by atoms with E-state index in [4.69, 9.17) is 4.74 Å². The summed E-state index contributed by atoms with van der Waals surface area (Å²) in [5, 5.41) is 3.32. The van der Waals surface area contributed by atoms with Gasteiger partial charge < -0.3 is 20.0 Å². The Morgan fingerprint density at radius 2 is 2.00 bits per heavy atom. The molecule has 0 aromatic heterocycles. The second kappa shape index (κ2) is 9.37. The van der Waals surface area contributed by atoms with Crippen molar-refractivity contribution in [3.05, 3.63) is 0 Å². The fourth-order valence-electron chi connectivity index (χ4n) is 1.36. The largest absolute Gasteiger partial charge is 0.420 e. The van der Waals surface area contributed by atoms with Crippen molar-refractivity contribution in [1.29, 1.82) is 0 Å². The number of nitrogens with two attached hydrogens (primary N) is 1. The smallest absolute Gasteiger partial charge is 0.384 e. The summed E-state index contributed by atoms with van der Waals surface area (Å²) in [6.07, 6.45) is 1.26. The number of piperidine rings is 1. The summed E-state index contributed by atoms with van der Waals surface area (Å²) in [5.41, 5.74) is 4.25. The number of amides is 1. The van der Waals surface area contributed by atoms with E-state index in [1.807, 2.05) is 0 Å². The van der Waals surface area contributed by atoms with Gasteiger partial charge in [-0.05, 0) is 31.8 Å². The maximum absolute atomic E-state index is 9.43. The number of primary amides is 1. The van der Waals surface area contributed by atoms with Crippen LogP contribution in [0.2, 0.25) is 0 Å². The molecule has 3 N–H and O–H groups in total. The molecule has 7 nitrogen and oxygen atoms in total. The maximum atomic E-state index is 9.43. The Kier molecular flexibility index (Phi) is 8.87. The number of ether oxygens (including phenoxy) is 1. The third-order valence-corrected chi connectivity index (χ3v) is 2.35. The minimum absolute atomic E-state index is 0.816. The summed E-state index contributed by atoms with van der Waals surface area (Å²) in [6, 6.07) is 0. The second-order valence-electron chi connectivity index (χ2n) is 3.28. The van der Waals surface area contributed by atoms with E-state index < -0.39 is 17.1 Å². The first-order valence-corrected chi connectivity index (χ1v) is 5.97. The normalized spacial score (nSPS) is 16.4. The Hall–Kier alpha value is -0.860. The number of carbonyl (C=O) groups excluding carboxylic acids is 1. The van der Waals surface area contributed by atoms with Crippen LogP contribution in [0.15, 0.2) is 0 Å². The van der Waals surface area contributed by atoms with Gasteiger partial charge in [0.15, 0.2) is 0 Å². The molecule has 8 heteroatoms. The molecule has 0 spiro atoms. The molecule has 0 unspecified atom stereocenters. The summed E-state index contributed by atoms with van der Waals surface area (Å²) >= 11 is 0. The van der Waals surface area contributed by atoms with Gasteiger partial charge >= 0.3 is 17.1 Å². The van der Waals surface area contributed by atoms with Crippen LogP contribution >= 0.6 is 0 Å². The summed E-state index contributed by atoms with van der Waals surface area (Å²) in [5.74, 6) is 0.816. The SMILES string of the molecule is COCC1CCNCC1.NC(=O)O[SH](=O)=O. The van der Waals surface area contributed by atoms with Crippen molar-refractivity contribution in [1.82, 2.24) is 5.32 Å². The van der Waals surface area contributed by atoms with Crippen LogP contribution in [-0.4, -0.2) is 41.3 Å². The lowest BCUT2D eigenvalue weighted by molar-refractivity contribution is 0.135. The summed E-state index contributed by atoms with van der Waals surface area (Å²) < 4.78 is 27.0. The van der Waals surface area contributed by atoms with Gasteiger partial charge in [-0.2, -0.15) is 8.42 Å². The first-order chi connectivity index (χ1) is 7.56. The van der Waals surface area contributed by atoms with Gasteiger partial charge in [-0.3, -0.25) is 0 Å². The fraction of sp³-hybridized carbons (Fsp3) is 0.875. The molecular weight excluding hydrogens is 236 g/mol. The maximum Gasteiger partial charge on any atom is 0.420 e. The van der Waals surface area contributed by atoms with Crippen LogP contribution in [0, 0.1) is 5.92 Å². The Balaban J connectivity index is 0.000000293. The van der Waals surface area contributed by atoms with Crippen molar-refractivity contribution in [3.8, 4) is 0 Å². The van der Waals surface area contributed by atoms with Gasteiger partial charge in [-0.15, -0.1) is 0 Å². The Labute approximate surface area is 96.4 Å². The molecule has 0 bridgehead atoms. The molecular formula is C8H18N2O5S. The first-order valence-electron chi connectivity index (χ1n) is 4.87. The predicted octanol–water partition coefficient (Wildman–Crippen LogP) is -0.759. The van der Waals surface area contributed by atoms with Gasteiger partial charge in [-0.1, -0.05) is 0 Å². The lowest BCUT2D eigenvalue weighted by atomic mass is 10.00. The number of carbonyl (C=O) groups is 1. The molecule has 1 aliphatic rings. The molecule has 0 saturated carbocycles. The highest BCUT2D eigenvalue weighted by Crippen LogP contribution is 2.10. The summed E-state index contributed by atoms with van der Waals surface area (Å²) in [7, 11) is -1.33. The summed E-state index contributed by atoms with van der Waals surface area (Å²) in [6.45, 7) is 3.30. The van der Waals surface area contributed by atoms with Crippen molar-refractivity contribution in [2.24, 2.45) is 11.7 Å². The zero-order chi connectivity index (χ0) is 12.4. The van der Waals surface area contributed by atoms with E-state index in [1.165, 1.54) is 25.9 Å². The van der Waals surface area contributed by atoms with E-state index in [1.54, 1.807) is 7.11 Å². The average molecular weight is 254 g/mol. The van der Waals surface area contributed by atoms with Gasteiger partial charge in [0.05, 0.1) is 0 Å². The molecule has 1 fully saturated rings. The van der Waals surface area contributed by atoms with Crippen molar-refractivity contribution in [2.75, 3.05) is 26.8 Å². The van der Waals surface area contributed by atoms with Crippen molar-refractivity contribution >= 4 is 17.1 Å². The fourth-order valence-corrected chi connectivity index (χ4v) is 1.50. The van der Waals surface area contributed by atoms with Crippen molar-refractivity contribution < 1.29 is 22.1 Å². The highest BCUT2D eigenvalue weighted by atomic mass is 32.2. The molecule has 1 amide bonds. The number of methoxy groups -OCH3 is 1. The molecule has 1 rings (SSSR count). The first kappa shape index (κ1) is 15.1. The lowest BCUT2D eigenvalue weighted by Gasteiger charge is -2.21. The van der Waals surface area contributed by atoms with E-state index in [2.05, 4.69) is 15.2 Å². The minimum Gasteiger partial charge on any atom is -0.384 e. The highest BCUT2D eigenvalue weighted by Gasteiger charge is 2.11. The second-order valence-corrected chi connectivity index (χ2v) is 3.91. The molecule has 0 aromatic rings. The van der Waals surface area contributed by atoms with E-state index >= 15 is 0 Å². The topological polar surface area (TPSA) is 108 Å². The predicted molar refractivity (Wildman–Crippen MR) is 58.5 cm³/mol. The molecule has 1 heterocycles. The van der Waals surface area contributed by atoms with E-state index in [-0.39, 0.29) is 0 Å². The Morgan fingerprint density at radius 3 is 2.31 bits per heavy atom. The van der Waals surface area contributed by atoms with Crippen LogP contribution in [0.5, 0.6) is 0 Å². The van der Waals surface area contributed by atoms with Crippen LogP contribution in [0.4, 0.5) is 4.79 Å². The van der Waals surface area contributed by atoms with Crippen molar-refractivity contribution in [3.63, 3.8) is 0 Å². The molecule has 0 aromatic carbocycles. The monoisotopic (exact) mass is 254 g/mol. The third kappa shape index (κ3) is 9.69. The standard InChI is InChI=1S/C7H15NO.CH3NO4S/c1-9-6-7-2-4-8-5-3-7;2-1(3)6-7(4)5/h7-8H,2-6H2,1H3;7H,(H2,2,3). The Bertz CT molecular complexity index is 252. The van der Waals surface area contributed by atoms with Gasteiger partial charge in [0.1, 0.15) is 0 Å². The van der Waals surface area contributed by atoms with Gasteiger partial charge in [-0.25, -0.2) is 4.79 Å². The van der Waals surface area contributed by atoms with E-state index in [0.717, 1.165) is 12.5 Å². The quantitative estimate of drug-likeness (QED) is 0.571. The minimum atomic E-state index is -3.11. The number of hydrogen-bond acceptors (Lipinski definition) is 6.